The van der Waals surface area contributed by atoms with Crippen molar-refractivity contribution in [2.45, 2.75) is 46.2 Å². The van der Waals surface area contributed by atoms with E-state index >= 15 is 0 Å². The van der Waals surface area contributed by atoms with E-state index in [0.717, 1.165) is 27.9 Å². The van der Waals surface area contributed by atoms with Crippen molar-refractivity contribution in [1.82, 2.24) is 5.32 Å². The third kappa shape index (κ3) is 6.30. The molecule has 3 rings (SSSR count). The van der Waals surface area contributed by atoms with Crippen molar-refractivity contribution in [2.24, 2.45) is 5.73 Å². The number of nitrogens with two attached hydrogens (primary N) is 1. The number of carbonyl (C=O) groups is 2. The molecule has 0 aliphatic carbocycles. The van der Waals surface area contributed by atoms with Crippen LogP contribution in [0.3, 0.4) is 0 Å². The predicted molar refractivity (Wildman–Crippen MR) is 134 cm³/mol. The fourth-order valence-corrected chi connectivity index (χ4v) is 3.62. The Bertz CT molecular complexity index is 1090. The van der Waals surface area contributed by atoms with Crippen molar-refractivity contribution >= 4 is 17.5 Å². The molecule has 5 heteroatoms. The van der Waals surface area contributed by atoms with Crippen LogP contribution < -0.4 is 16.0 Å². The van der Waals surface area contributed by atoms with E-state index in [9.17, 15) is 9.59 Å². The lowest BCUT2D eigenvalue weighted by molar-refractivity contribution is -0.128. The number of hydrogen-bond acceptors (Lipinski definition) is 3. The summed E-state index contributed by atoms with van der Waals surface area (Å²) in [5.74, 6) is -0.554. The van der Waals surface area contributed by atoms with Crippen molar-refractivity contribution in [3.8, 4) is 0 Å². The predicted octanol–water partition coefficient (Wildman–Crippen LogP) is 4.39. The second kappa shape index (κ2) is 10.9. The summed E-state index contributed by atoms with van der Waals surface area (Å²) in [4.78, 5) is 28.2. The first-order valence-corrected chi connectivity index (χ1v) is 11.3. The molecule has 172 valence electrons. The van der Waals surface area contributed by atoms with Crippen molar-refractivity contribution in [1.29, 1.82) is 0 Å². The van der Waals surface area contributed by atoms with E-state index < -0.39 is 12.1 Å². The van der Waals surface area contributed by atoms with Crippen LogP contribution in [-0.4, -0.2) is 24.4 Å². The van der Waals surface area contributed by atoms with Crippen LogP contribution in [0.4, 0.5) is 5.69 Å². The number of carbonyl (C=O) groups excluding carboxylic acids is 2. The van der Waals surface area contributed by atoms with Gasteiger partial charge in [-0.2, -0.15) is 0 Å². The highest BCUT2D eigenvalue weighted by Crippen LogP contribution is 2.24. The summed E-state index contributed by atoms with van der Waals surface area (Å²) in [7, 11) is 0. The summed E-state index contributed by atoms with van der Waals surface area (Å²) in [5, 5.41) is 2.86. The molecule has 33 heavy (non-hydrogen) atoms. The minimum absolute atomic E-state index is 0.189. The SMILES string of the molecule is Cc1ccc(CCN(C(=O)[C@H](NC(=O)C(C)N)c2ccccc2)c2ccc(C)c(C)c2)cc1. The van der Waals surface area contributed by atoms with Gasteiger partial charge >= 0.3 is 0 Å². The molecule has 0 aromatic heterocycles. The Balaban J connectivity index is 1.97. The van der Waals surface area contributed by atoms with E-state index in [1.165, 1.54) is 5.56 Å². The molecule has 0 heterocycles. The quantitative estimate of drug-likeness (QED) is 0.542. The molecule has 0 saturated carbocycles. The molecule has 3 N–H and O–H groups in total. The summed E-state index contributed by atoms with van der Waals surface area (Å²) in [5.41, 5.74) is 11.9. The maximum atomic E-state index is 13.9. The fourth-order valence-electron chi connectivity index (χ4n) is 3.62. The summed E-state index contributed by atoms with van der Waals surface area (Å²) >= 11 is 0. The van der Waals surface area contributed by atoms with Crippen molar-refractivity contribution in [3.63, 3.8) is 0 Å². The molecule has 0 saturated heterocycles. The number of aryl methyl sites for hydroxylation is 3. The van der Waals surface area contributed by atoms with Gasteiger partial charge in [-0.3, -0.25) is 9.59 Å². The van der Waals surface area contributed by atoms with E-state index in [0.29, 0.717) is 13.0 Å². The molecule has 0 bridgehead atoms. The van der Waals surface area contributed by atoms with Gasteiger partial charge in [0.15, 0.2) is 0 Å². The topological polar surface area (TPSA) is 75.4 Å². The van der Waals surface area contributed by atoms with Gasteiger partial charge in [0.25, 0.3) is 5.91 Å². The van der Waals surface area contributed by atoms with Gasteiger partial charge in [-0.15, -0.1) is 0 Å². The highest BCUT2D eigenvalue weighted by atomic mass is 16.2. The number of benzene rings is 3. The van der Waals surface area contributed by atoms with Crippen LogP contribution >= 0.6 is 0 Å². The van der Waals surface area contributed by atoms with Crippen molar-refractivity contribution in [3.05, 3.63) is 101 Å². The zero-order chi connectivity index (χ0) is 24.0. The molecule has 3 aromatic carbocycles. The van der Waals surface area contributed by atoms with Gasteiger partial charge in [0.05, 0.1) is 6.04 Å². The monoisotopic (exact) mass is 443 g/mol. The van der Waals surface area contributed by atoms with E-state index in [1.807, 2.05) is 62.4 Å². The smallest absolute Gasteiger partial charge is 0.254 e. The highest BCUT2D eigenvalue weighted by molar-refractivity contribution is 6.00. The Kier molecular flexibility index (Phi) is 8.01. The zero-order valence-corrected chi connectivity index (χ0v) is 19.8. The van der Waals surface area contributed by atoms with Crippen LogP contribution in [0, 0.1) is 20.8 Å². The Morgan fingerprint density at radius 2 is 1.58 bits per heavy atom. The molecule has 0 aliphatic heterocycles. The van der Waals surface area contributed by atoms with E-state index in [-0.39, 0.29) is 11.8 Å². The number of amides is 2. The van der Waals surface area contributed by atoms with Crippen LogP contribution in [0.1, 0.15) is 40.8 Å². The van der Waals surface area contributed by atoms with E-state index in [4.69, 9.17) is 5.73 Å². The normalized spacial score (nSPS) is 12.6. The number of nitrogens with zero attached hydrogens (tertiary/aromatic N) is 1. The average Bonchev–Trinajstić information content (AvgIpc) is 2.81. The Morgan fingerprint density at radius 1 is 0.909 bits per heavy atom. The molecule has 2 atom stereocenters. The first kappa shape index (κ1) is 24.2. The van der Waals surface area contributed by atoms with Gasteiger partial charge in [0.2, 0.25) is 5.91 Å². The standard InChI is InChI=1S/C28H33N3O2/c1-19-10-13-23(14-11-19)16-17-31(25-15-12-20(2)21(3)18-25)28(33)26(30-27(32)22(4)29)24-8-6-5-7-9-24/h5-15,18,22,26H,16-17,29H2,1-4H3,(H,30,32)/t22?,26-/m1/s1. The minimum atomic E-state index is -0.829. The van der Waals surface area contributed by atoms with Crippen LogP contribution in [0.2, 0.25) is 0 Å². The molecule has 5 nitrogen and oxygen atoms in total. The van der Waals surface area contributed by atoms with Crippen molar-refractivity contribution < 1.29 is 9.59 Å². The largest absolute Gasteiger partial charge is 0.339 e. The maximum absolute atomic E-state index is 13.9. The second-order valence-electron chi connectivity index (χ2n) is 8.63. The highest BCUT2D eigenvalue weighted by Gasteiger charge is 2.29. The summed E-state index contributed by atoms with van der Waals surface area (Å²) in [6, 6.07) is 22.1. The summed E-state index contributed by atoms with van der Waals surface area (Å²) in [6.45, 7) is 8.24. The zero-order valence-electron chi connectivity index (χ0n) is 19.8. The van der Waals surface area contributed by atoms with Crippen LogP contribution in [0.15, 0.2) is 72.8 Å². The van der Waals surface area contributed by atoms with Crippen molar-refractivity contribution in [2.75, 3.05) is 11.4 Å². The molecular weight excluding hydrogens is 410 g/mol. The van der Waals surface area contributed by atoms with Crippen LogP contribution in [-0.2, 0) is 16.0 Å². The molecule has 3 aromatic rings. The number of anilines is 1. The van der Waals surface area contributed by atoms with Gasteiger partial charge < -0.3 is 16.0 Å². The summed E-state index contributed by atoms with van der Waals surface area (Å²) in [6.07, 6.45) is 0.696. The molecular formula is C28H33N3O2. The lowest BCUT2D eigenvalue weighted by Crippen LogP contribution is -2.47. The van der Waals surface area contributed by atoms with Gasteiger partial charge in [-0.05, 0) is 68.5 Å². The Morgan fingerprint density at radius 3 is 2.18 bits per heavy atom. The van der Waals surface area contributed by atoms with Crippen LogP contribution in [0.25, 0.3) is 0 Å². The first-order chi connectivity index (χ1) is 15.8. The molecule has 2 amide bonds. The van der Waals surface area contributed by atoms with Gasteiger partial charge in [0.1, 0.15) is 6.04 Å². The molecule has 0 aliphatic rings. The maximum Gasteiger partial charge on any atom is 0.254 e. The molecule has 0 radical (unpaired) electrons. The van der Waals surface area contributed by atoms with E-state index in [1.54, 1.807) is 11.8 Å². The molecule has 0 spiro atoms. The lowest BCUT2D eigenvalue weighted by atomic mass is 10.0. The molecule has 0 fully saturated rings. The number of hydrogen-bond donors (Lipinski definition) is 2. The van der Waals surface area contributed by atoms with E-state index in [2.05, 4.69) is 36.5 Å². The third-order valence-corrected chi connectivity index (χ3v) is 5.89. The van der Waals surface area contributed by atoms with Crippen LogP contribution in [0.5, 0.6) is 0 Å². The molecule has 1 unspecified atom stereocenters. The Hall–Kier alpha value is -3.44. The number of rotatable bonds is 8. The van der Waals surface area contributed by atoms with Gasteiger partial charge in [0, 0.05) is 12.2 Å². The fraction of sp³-hybridized carbons (Fsp3) is 0.286. The second-order valence-corrected chi connectivity index (χ2v) is 8.63. The summed E-state index contributed by atoms with van der Waals surface area (Å²) < 4.78 is 0. The number of nitrogens with one attached hydrogen (secondary N) is 1. The lowest BCUT2D eigenvalue weighted by Gasteiger charge is -2.29. The minimum Gasteiger partial charge on any atom is -0.339 e. The average molecular weight is 444 g/mol. The van der Waals surface area contributed by atoms with Gasteiger partial charge in [-0.25, -0.2) is 0 Å². The first-order valence-electron chi connectivity index (χ1n) is 11.3. The Labute approximate surface area is 196 Å². The van der Waals surface area contributed by atoms with Gasteiger partial charge in [-0.1, -0.05) is 66.2 Å². The third-order valence-electron chi connectivity index (χ3n) is 5.89.